The van der Waals surface area contributed by atoms with Crippen LogP contribution in [-0.2, 0) is 17.9 Å². The van der Waals surface area contributed by atoms with Crippen LogP contribution in [0.3, 0.4) is 0 Å². The molecule has 2 aliphatic rings. The van der Waals surface area contributed by atoms with Crippen molar-refractivity contribution in [2.45, 2.75) is 38.5 Å². The molecule has 5 rings (SSSR count). The van der Waals surface area contributed by atoms with Gasteiger partial charge in [0.1, 0.15) is 0 Å². The van der Waals surface area contributed by atoms with Crippen LogP contribution in [0.25, 0.3) is 0 Å². The summed E-state index contributed by atoms with van der Waals surface area (Å²) in [6.07, 6.45) is 3.73. The van der Waals surface area contributed by atoms with Crippen molar-refractivity contribution in [3.05, 3.63) is 59.7 Å². The van der Waals surface area contributed by atoms with E-state index in [9.17, 15) is 27.2 Å². The molecule has 3 amide bonds. The van der Waals surface area contributed by atoms with Gasteiger partial charge in [-0.2, -0.15) is 5.10 Å². The first-order valence-corrected chi connectivity index (χ1v) is 11.0. The molecule has 1 saturated heterocycles. The topological polar surface area (TPSA) is 108 Å². The lowest BCUT2D eigenvalue weighted by atomic mass is 10.2. The molecule has 2 atom stereocenters. The minimum absolute atomic E-state index is 0.0669. The standard InChI is InChI=1S/C22H20F4N8O2/c1-11-8-34-18(10-32(11)22(36)31-13-2-15(24)20(26)16(25)3-13)17(7-29-34)33-9-14(4-19(33)35)30-21-27-5-12(23)6-28-21/h2-3,5-7,11,14H,4,8-10H2,1H3,(H,31,36)(H,27,28,30)/t11-,14?/m0/s1. The number of hydrogen-bond donors (Lipinski definition) is 2. The molecule has 4 heterocycles. The summed E-state index contributed by atoms with van der Waals surface area (Å²) in [6.45, 7) is 2.44. The average molecular weight is 504 g/mol. The van der Waals surface area contributed by atoms with E-state index in [-0.39, 0.29) is 49.1 Å². The van der Waals surface area contributed by atoms with Crippen LogP contribution < -0.4 is 15.5 Å². The maximum absolute atomic E-state index is 13.6. The third kappa shape index (κ3) is 4.41. The van der Waals surface area contributed by atoms with Crippen LogP contribution in [0.2, 0.25) is 0 Å². The average Bonchev–Trinajstić information content (AvgIpc) is 3.40. The van der Waals surface area contributed by atoms with Gasteiger partial charge in [0, 0.05) is 30.8 Å². The molecule has 3 aromatic rings. The van der Waals surface area contributed by atoms with Crippen molar-refractivity contribution in [2.75, 3.05) is 22.1 Å². The minimum atomic E-state index is -1.62. The quantitative estimate of drug-likeness (QED) is 0.418. The number of carbonyl (C=O) groups is 2. The van der Waals surface area contributed by atoms with Gasteiger partial charge in [-0.15, -0.1) is 0 Å². The fraction of sp³-hybridized carbons (Fsp3) is 0.318. The van der Waals surface area contributed by atoms with Crippen LogP contribution in [0.15, 0.2) is 30.7 Å². The summed E-state index contributed by atoms with van der Waals surface area (Å²) >= 11 is 0. The largest absolute Gasteiger partial charge is 0.349 e. The number of rotatable bonds is 4. The lowest BCUT2D eigenvalue weighted by Crippen LogP contribution is -2.47. The van der Waals surface area contributed by atoms with Crippen molar-refractivity contribution < 1.29 is 27.2 Å². The predicted octanol–water partition coefficient (Wildman–Crippen LogP) is 2.88. The second kappa shape index (κ2) is 9.09. The molecule has 0 aliphatic carbocycles. The number of carbonyl (C=O) groups excluding carboxylic acids is 2. The van der Waals surface area contributed by atoms with Gasteiger partial charge >= 0.3 is 6.03 Å². The molecule has 0 saturated carbocycles. The number of anilines is 3. The molecule has 0 bridgehead atoms. The van der Waals surface area contributed by atoms with Gasteiger partial charge in [-0.3, -0.25) is 9.48 Å². The number of benzene rings is 1. The molecule has 2 aliphatic heterocycles. The molecule has 14 heteroatoms. The number of fused-ring (bicyclic) bond motifs is 1. The maximum Gasteiger partial charge on any atom is 0.322 e. The summed E-state index contributed by atoms with van der Waals surface area (Å²) in [7, 11) is 0. The lowest BCUT2D eigenvalue weighted by molar-refractivity contribution is -0.117. The van der Waals surface area contributed by atoms with Crippen molar-refractivity contribution in [1.29, 1.82) is 0 Å². The molecule has 1 fully saturated rings. The van der Waals surface area contributed by atoms with Gasteiger partial charge in [0.25, 0.3) is 0 Å². The van der Waals surface area contributed by atoms with Crippen molar-refractivity contribution in [2.24, 2.45) is 0 Å². The van der Waals surface area contributed by atoms with E-state index >= 15 is 0 Å². The van der Waals surface area contributed by atoms with Crippen molar-refractivity contribution in [3.63, 3.8) is 0 Å². The van der Waals surface area contributed by atoms with Gasteiger partial charge in [-0.1, -0.05) is 0 Å². The Hall–Kier alpha value is -4.23. The van der Waals surface area contributed by atoms with E-state index in [0.717, 1.165) is 12.4 Å². The number of aromatic nitrogens is 4. The second-order valence-electron chi connectivity index (χ2n) is 8.59. The Morgan fingerprint density at radius 1 is 1.06 bits per heavy atom. The summed E-state index contributed by atoms with van der Waals surface area (Å²) in [5.41, 5.74) is 0.897. The van der Waals surface area contributed by atoms with Gasteiger partial charge in [-0.25, -0.2) is 32.3 Å². The van der Waals surface area contributed by atoms with Gasteiger partial charge < -0.3 is 20.4 Å². The Bertz CT molecular complexity index is 1310. The normalized spacial score (nSPS) is 19.4. The van der Waals surface area contributed by atoms with E-state index in [0.29, 0.717) is 30.1 Å². The summed E-state index contributed by atoms with van der Waals surface area (Å²) < 4.78 is 55.1. The summed E-state index contributed by atoms with van der Waals surface area (Å²) in [6, 6.07) is 0.0821. The van der Waals surface area contributed by atoms with Gasteiger partial charge in [-0.05, 0) is 6.92 Å². The molecule has 10 nitrogen and oxygen atoms in total. The van der Waals surface area contributed by atoms with Gasteiger partial charge in [0.15, 0.2) is 23.3 Å². The number of urea groups is 1. The lowest BCUT2D eigenvalue weighted by Gasteiger charge is -2.35. The zero-order chi connectivity index (χ0) is 25.6. The van der Waals surface area contributed by atoms with Crippen molar-refractivity contribution in [3.8, 4) is 0 Å². The highest BCUT2D eigenvalue weighted by molar-refractivity contribution is 5.97. The van der Waals surface area contributed by atoms with Crippen LogP contribution in [0, 0.1) is 23.3 Å². The maximum atomic E-state index is 13.6. The number of nitrogens with zero attached hydrogens (tertiary/aromatic N) is 6. The Morgan fingerprint density at radius 2 is 1.75 bits per heavy atom. The highest BCUT2D eigenvalue weighted by Gasteiger charge is 2.36. The first-order valence-electron chi connectivity index (χ1n) is 11.0. The number of amides is 3. The molecule has 188 valence electrons. The van der Waals surface area contributed by atoms with E-state index in [2.05, 4.69) is 25.7 Å². The zero-order valence-electron chi connectivity index (χ0n) is 18.9. The molecule has 0 radical (unpaired) electrons. The molecule has 2 N–H and O–H groups in total. The minimum Gasteiger partial charge on any atom is -0.349 e. The van der Waals surface area contributed by atoms with Crippen LogP contribution >= 0.6 is 0 Å². The fourth-order valence-electron chi connectivity index (χ4n) is 4.31. The highest BCUT2D eigenvalue weighted by atomic mass is 19.2. The highest BCUT2D eigenvalue weighted by Crippen LogP contribution is 2.31. The summed E-state index contributed by atoms with van der Waals surface area (Å²) in [4.78, 5) is 36.4. The van der Waals surface area contributed by atoms with Crippen LogP contribution in [0.1, 0.15) is 19.0 Å². The number of halogens is 4. The molecule has 0 spiro atoms. The molecule has 36 heavy (non-hydrogen) atoms. The predicted molar refractivity (Wildman–Crippen MR) is 119 cm³/mol. The van der Waals surface area contributed by atoms with Crippen molar-refractivity contribution in [1.82, 2.24) is 24.6 Å². The van der Waals surface area contributed by atoms with Crippen LogP contribution in [-0.4, -0.2) is 55.2 Å². The molecular weight excluding hydrogens is 484 g/mol. The Morgan fingerprint density at radius 3 is 2.44 bits per heavy atom. The van der Waals surface area contributed by atoms with E-state index in [1.807, 2.05) is 0 Å². The van der Waals surface area contributed by atoms with E-state index < -0.39 is 29.3 Å². The first kappa shape index (κ1) is 23.5. The molecule has 1 aromatic carbocycles. The number of hydrogen-bond acceptors (Lipinski definition) is 6. The third-order valence-electron chi connectivity index (χ3n) is 6.08. The van der Waals surface area contributed by atoms with Crippen LogP contribution in [0.5, 0.6) is 0 Å². The summed E-state index contributed by atoms with van der Waals surface area (Å²) in [5, 5.41) is 9.75. The summed E-state index contributed by atoms with van der Waals surface area (Å²) in [5.74, 6) is -5.02. The van der Waals surface area contributed by atoms with E-state index in [4.69, 9.17) is 0 Å². The van der Waals surface area contributed by atoms with E-state index in [1.54, 1.807) is 17.8 Å². The third-order valence-corrected chi connectivity index (χ3v) is 6.08. The Balaban J connectivity index is 1.31. The Kier molecular flexibility index (Phi) is 5.94. The fourth-order valence-corrected chi connectivity index (χ4v) is 4.31. The Labute approximate surface area is 201 Å². The monoisotopic (exact) mass is 504 g/mol. The molecule has 2 aromatic heterocycles. The SMILES string of the molecule is C[C@H]1Cn2ncc(N3CC(Nc4ncc(F)cn4)CC3=O)c2CN1C(=O)Nc1cc(F)c(F)c(F)c1. The van der Waals surface area contributed by atoms with Gasteiger partial charge in [0.05, 0.1) is 55.1 Å². The van der Waals surface area contributed by atoms with Gasteiger partial charge in [0.2, 0.25) is 11.9 Å². The van der Waals surface area contributed by atoms with Crippen molar-refractivity contribution >= 4 is 29.3 Å². The van der Waals surface area contributed by atoms with Crippen LogP contribution in [0.4, 0.5) is 39.7 Å². The number of nitrogens with one attached hydrogen (secondary N) is 2. The smallest absolute Gasteiger partial charge is 0.322 e. The zero-order valence-corrected chi connectivity index (χ0v) is 18.9. The second-order valence-corrected chi connectivity index (χ2v) is 8.59. The molecule has 1 unspecified atom stereocenters. The van der Waals surface area contributed by atoms with E-state index in [1.165, 1.54) is 9.80 Å². The first-order chi connectivity index (χ1) is 17.2. The molecular formula is C22H20F4N8O2.